The van der Waals surface area contributed by atoms with E-state index in [-0.39, 0.29) is 23.3 Å². The Morgan fingerprint density at radius 2 is 1.42 bits per heavy atom. The molecule has 2 rings (SSSR count). The Bertz CT molecular complexity index is 760. The minimum Gasteiger partial charge on any atom is -0.478 e. The fourth-order valence-corrected chi connectivity index (χ4v) is 1.95. The third-order valence-corrected chi connectivity index (χ3v) is 3.08. The zero-order chi connectivity index (χ0) is 17.5. The maximum atomic E-state index is 12.0. The highest BCUT2D eigenvalue weighted by Crippen LogP contribution is 2.12. The van der Waals surface area contributed by atoms with E-state index in [1.54, 1.807) is 12.2 Å². The lowest BCUT2D eigenvalue weighted by Gasteiger charge is -2.05. The van der Waals surface area contributed by atoms with E-state index in [9.17, 15) is 14.4 Å². The third-order valence-electron chi connectivity index (χ3n) is 3.08. The van der Waals surface area contributed by atoms with Crippen LogP contribution < -0.4 is 0 Å². The van der Waals surface area contributed by atoms with E-state index < -0.39 is 17.9 Å². The topological polar surface area (TPSA) is 101 Å². The Labute approximate surface area is 137 Å². The van der Waals surface area contributed by atoms with E-state index >= 15 is 0 Å². The quantitative estimate of drug-likeness (QED) is 0.792. The first kappa shape index (κ1) is 17.0. The van der Waals surface area contributed by atoms with Crippen molar-refractivity contribution in [3.63, 3.8) is 0 Å². The lowest BCUT2D eigenvalue weighted by atomic mass is 10.1. The molecule has 0 aliphatic carbocycles. The summed E-state index contributed by atoms with van der Waals surface area (Å²) in [5, 5.41) is 18.0. The van der Waals surface area contributed by atoms with Gasteiger partial charge in [0.25, 0.3) is 0 Å². The van der Waals surface area contributed by atoms with Gasteiger partial charge in [0.2, 0.25) is 0 Å². The molecule has 0 unspecified atom stereocenters. The first-order chi connectivity index (χ1) is 11.5. The van der Waals surface area contributed by atoms with Gasteiger partial charge in [0.05, 0.1) is 16.7 Å². The first-order valence-electron chi connectivity index (χ1n) is 6.98. The van der Waals surface area contributed by atoms with Crippen molar-refractivity contribution in [2.75, 3.05) is 6.61 Å². The first-order valence-corrected chi connectivity index (χ1v) is 6.98. The molecule has 0 saturated carbocycles. The number of carboxylic acids is 2. The van der Waals surface area contributed by atoms with Crippen molar-refractivity contribution in [1.29, 1.82) is 0 Å². The Hall–Kier alpha value is -3.41. The predicted octanol–water partition coefficient (Wildman–Crippen LogP) is 2.95. The van der Waals surface area contributed by atoms with Crippen molar-refractivity contribution >= 4 is 24.0 Å². The highest BCUT2D eigenvalue weighted by molar-refractivity contribution is 5.99. The number of ether oxygens (including phenoxy) is 1. The molecular formula is C18H14O6. The molecular weight excluding hydrogens is 312 g/mol. The number of rotatable bonds is 6. The monoisotopic (exact) mass is 326 g/mol. The Kier molecular flexibility index (Phi) is 5.46. The zero-order valence-corrected chi connectivity index (χ0v) is 12.5. The van der Waals surface area contributed by atoms with Crippen LogP contribution in [0.15, 0.2) is 54.6 Å². The summed E-state index contributed by atoms with van der Waals surface area (Å²) < 4.78 is 5.01. The normalized spacial score (nSPS) is 10.5. The van der Waals surface area contributed by atoms with Gasteiger partial charge in [-0.15, -0.1) is 0 Å². The average Bonchev–Trinajstić information content (AvgIpc) is 2.59. The van der Waals surface area contributed by atoms with Gasteiger partial charge in [-0.3, -0.25) is 0 Å². The van der Waals surface area contributed by atoms with Crippen LogP contribution in [0.4, 0.5) is 0 Å². The van der Waals surface area contributed by atoms with Crippen LogP contribution in [0, 0.1) is 0 Å². The van der Waals surface area contributed by atoms with Crippen LogP contribution in [-0.2, 0) is 4.74 Å². The molecule has 6 heteroatoms. The summed E-state index contributed by atoms with van der Waals surface area (Å²) in [7, 11) is 0. The van der Waals surface area contributed by atoms with Crippen LogP contribution in [-0.4, -0.2) is 34.7 Å². The molecule has 2 aromatic rings. The van der Waals surface area contributed by atoms with Crippen LogP contribution >= 0.6 is 0 Å². The smallest absolute Gasteiger partial charge is 0.338 e. The van der Waals surface area contributed by atoms with Gasteiger partial charge in [-0.05, 0) is 29.8 Å². The maximum absolute atomic E-state index is 12.0. The molecule has 0 spiro atoms. The van der Waals surface area contributed by atoms with Gasteiger partial charge in [0.15, 0.2) is 0 Å². The molecule has 0 fully saturated rings. The second-order valence-corrected chi connectivity index (χ2v) is 4.82. The highest BCUT2D eigenvalue weighted by atomic mass is 16.5. The molecule has 6 nitrogen and oxygen atoms in total. The number of carbonyl (C=O) groups is 3. The summed E-state index contributed by atoms with van der Waals surface area (Å²) in [4.78, 5) is 34.0. The minimum atomic E-state index is -1.32. The number of esters is 1. The molecule has 0 amide bonds. The Morgan fingerprint density at radius 1 is 0.875 bits per heavy atom. The largest absolute Gasteiger partial charge is 0.478 e. The lowest BCUT2D eigenvalue weighted by Crippen LogP contribution is -2.10. The number of carbonyl (C=O) groups excluding carboxylic acids is 1. The van der Waals surface area contributed by atoms with Crippen molar-refractivity contribution in [2.45, 2.75) is 0 Å². The van der Waals surface area contributed by atoms with E-state index in [0.29, 0.717) is 0 Å². The van der Waals surface area contributed by atoms with Crippen LogP contribution in [0.3, 0.4) is 0 Å². The molecule has 0 aliphatic rings. The van der Waals surface area contributed by atoms with E-state index in [0.717, 1.165) is 23.8 Å². The molecule has 0 saturated heterocycles. The lowest BCUT2D eigenvalue weighted by molar-refractivity contribution is 0.0550. The second kappa shape index (κ2) is 7.73. The fourth-order valence-electron chi connectivity index (χ4n) is 1.95. The number of hydrogen-bond acceptors (Lipinski definition) is 4. The maximum Gasteiger partial charge on any atom is 0.338 e. The van der Waals surface area contributed by atoms with Crippen molar-refractivity contribution in [1.82, 2.24) is 0 Å². The van der Waals surface area contributed by atoms with Gasteiger partial charge in [0, 0.05) is 0 Å². The second-order valence-electron chi connectivity index (χ2n) is 4.82. The summed E-state index contributed by atoms with van der Waals surface area (Å²) in [5.74, 6) is -3.44. The Balaban J connectivity index is 2.07. The summed E-state index contributed by atoms with van der Waals surface area (Å²) in [6, 6.07) is 12.5. The fraction of sp³-hybridized carbons (Fsp3) is 0.0556. The third kappa shape index (κ3) is 4.54. The summed E-state index contributed by atoms with van der Waals surface area (Å²) in [6.45, 7) is -0.0204. The molecule has 0 atom stereocenters. The molecule has 0 heterocycles. The van der Waals surface area contributed by atoms with Crippen LogP contribution in [0.25, 0.3) is 6.08 Å². The minimum absolute atomic E-state index is 0.0204. The van der Waals surface area contributed by atoms with E-state index in [4.69, 9.17) is 14.9 Å². The van der Waals surface area contributed by atoms with Crippen molar-refractivity contribution in [2.24, 2.45) is 0 Å². The van der Waals surface area contributed by atoms with E-state index in [1.807, 2.05) is 30.3 Å². The summed E-state index contributed by atoms with van der Waals surface area (Å²) in [6.07, 6.45) is 3.40. The van der Waals surface area contributed by atoms with Crippen LogP contribution in [0.1, 0.15) is 36.6 Å². The summed E-state index contributed by atoms with van der Waals surface area (Å²) >= 11 is 0. The van der Waals surface area contributed by atoms with Gasteiger partial charge in [-0.2, -0.15) is 0 Å². The molecule has 122 valence electrons. The molecule has 2 N–H and O–H groups in total. The number of aromatic carboxylic acids is 2. The highest BCUT2D eigenvalue weighted by Gasteiger charge is 2.16. The zero-order valence-electron chi connectivity index (χ0n) is 12.5. The van der Waals surface area contributed by atoms with Crippen molar-refractivity contribution in [3.05, 3.63) is 76.9 Å². The molecule has 0 bridgehead atoms. The SMILES string of the molecule is O=C(O)c1cc(C(=O)O)cc(C(=O)OCC=Cc2ccccc2)c1. The number of hydrogen-bond donors (Lipinski definition) is 2. The van der Waals surface area contributed by atoms with Gasteiger partial charge in [-0.25, -0.2) is 14.4 Å². The van der Waals surface area contributed by atoms with Gasteiger partial charge in [0.1, 0.15) is 6.61 Å². The summed E-state index contributed by atoms with van der Waals surface area (Å²) in [5.41, 5.74) is 0.235. The Morgan fingerprint density at radius 3 is 1.96 bits per heavy atom. The molecule has 0 aliphatic heterocycles. The van der Waals surface area contributed by atoms with Gasteiger partial charge >= 0.3 is 17.9 Å². The van der Waals surface area contributed by atoms with Gasteiger partial charge in [-0.1, -0.05) is 36.4 Å². The van der Waals surface area contributed by atoms with Gasteiger partial charge < -0.3 is 14.9 Å². The van der Waals surface area contributed by atoms with Crippen LogP contribution in [0.2, 0.25) is 0 Å². The van der Waals surface area contributed by atoms with E-state index in [2.05, 4.69) is 0 Å². The molecule has 24 heavy (non-hydrogen) atoms. The molecule has 2 aromatic carbocycles. The average molecular weight is 326 g/mol. The number of benzene rings is 2. The van der Waals surface area contributed by atoms with Crippen LogP contribution in [0.5, 0.6) is 0 Å². The number of carboxylic acid groups (broad SMARTS) is 2. The van der Waals surface area contributed by atoms with Crippen molar-refractivity contribution < 1.29 is 29.3 Å². The van der Waals surface area contributed by atoms with Crippen molar-refractivity contribution in [3.8, 4) is 0 Å². The molecule has 0 aromatic heterocycles. The van der Waals surface area contributed by atoms with E-state index in [1.165, 1.54) is 0 Å². The standard InChI is InChI=1S/C18H14O6/c19-16(20)13-9-14(17(21)22)11-15(10-13)18(23)24-8-4-7-12-5-2-1-3-6-12/h1-7,9-11H,8H2,(H,19,20)(H,21,22). The molecule has 0 radical (unpaired) electrons. The predicted molar refractivity (Wildman–Crippen MR) is 86.1 cm³/mol.